The number of alkyl halides is 1. The fourth-order valence-electron chi connectivity index (χ4n) is 0. The van der Waals surface area contributed by atoms with Crippen molar-refractivity contribution in [2.75, 3.05) is 6.38 Å². The molecule has 5 heavy (non-hydrogen) atoms. The number of nitriles is 1. The number of hydrogen-bond donors (Lipinski definition) is 0. The van der Waals surface area contributed by atoms with Gasteiger partial charge in [0.25, 0.3) is 0 Å². The van der Waals surface area contributed by atoms with Gasteiger partial charge in [-0.3, -0.25) is 0 Å². The Labute approximate surface area is 37.2 Å². The Morgan fingerprint density at radius 3 is 1.60 bits per heavy atom. The normalized spacial score (nSPS) is 2.80. The average molecular weight is 91.5 g/mol. The quantitative estimate of drug-likeness (QED) is 0.413. The van der Waals surface area contributed by atoms with Crippen LogP contribution in [0.4, 0.5) is 0 Å². The lowest BCUT2D eigenvalue weighted by molar-refractivity contribution is 1.49. The summed E-state index contributed by atoms with van der Waals surface area (Å²) in [5.74, 6) is 0. The number of hydrogen-bond acceptors (Lipinski definition) is 1. The lowest BCUT2D eigenvalue weighted by atomic mass is 11.0. The molecule has 0 aliphatic rings. The summed E-state index contributed by atoms with van der Waals surface area (Å²) in [6.45, 7) is 1.43. The Morgan fingerprint density at radius 2 is 1.60 bits per heavy atom. The van der Waals surface area contributed by atoms with E-state index in [-0.39, 0.29) is 0 Å². The first-order chi connectivity index (χ1) is 2.41. The van der Waals surface area contributed by atoms with Gasteiger partial charge < -0.3 is 0 Å². The Hall–Kier alpha value is -0.220. The van der Waals surface area contributed by atoms with Gasteiger partial charge in [0.2, 0.25) is 0 Å². The zero-order chi connectivity index (χ0) is 4.71. The van der Waals surface area contributed by atoms with E-state index in [0.29, 0.717) is 0 Å². The minimum Gasteiger partial charge on any atom is -0.199 e. The second-order valence-electron chi connectivity index (χ2n) is 0.224. The molecule has 0 heterocycles. The molecule has 0 amide bonds. The SMILES string of the molecule is CC#N.CCl. The smallest absolute Gasteiger partial charge is 0.0587 e. The molecule has 0 aromatic carbocycles. The zero-order valence-corrected chi connectivity index (χ0v) is 4.08. The summed E-state index contributed by atoms with van der Waals surface area (Å²) in [6.07, 6.45) is 1.47. The van der Waals surface area contributed by atoms with Crippen LogP contribution in [0.2, 0.25) is 0 Å². The topological polar surface area (TPSA) is 23.8 Å². The molecule has 0 fully saturated rings. The van der Waals surface area contributed by atoms with Crippen LogP contribution in [-0.2, 0) is 0 Å². The second kappa shape index (κ2) is 48.0. The van der Waals surface area contributed by atoms with Crippen LogP contribution in [-0.4, -0.2) is 6.38 Å². The fraction of sp³-hybridized carbons (Fsp3) is 0.667. The summed E-state index contributed by atoms with van der Waals surface area (Å²) in [4.78, 5) is 0. The summed E-state index contributed by atoms with van der Waals surface area (Å²) >= 11 is 4.64. The second-order valence-corrected chi connectivity index (χ2v) is 0.224. The minimum atomic E-state index is 1.43. The van der Waals surface area contributed by atoms with Gasteiger partial charge in [-0.2, -0.15) is 5.26 Å². The van der Waals surface area contributed by atoms with E-state index in [2.05, 4.69) is 11.6 Å². The largest absolute Gasteiger partial charge is 0.199 e. The summed E-state index contributed by atoms with van der Waals surface area (Å²) in [7, 11) is 0. The highest BCUT2D eigenvalue weighted by molar-refractivity contribution is 6.15. The van der Waals surface area contributed by atoms with Gasteiger partial charge in [-0.25, -0.2) is 0 Å². The Morgan fingerprint density at radius 1 is 1.60 bits per heavy atom. The van der Waals surface area contributed by atoms with Crippen molar-refractivity contribution in [1.29, 1.82) is 5.26 Å². The molecule has 0 aliphatic carbocycles. The number of rotatable bonds is 0. The third kappa shape index (κ3) is 247. The van der Waals surface area contributed by atoms with Crippen molar-refractivity contribution in [2.45, 2.75) is 6.92 Å². The van der Waals surface area contributed by atoms with Crippen LogP contribution in [0.15, 0.2) is 0 Å². The van der Waals surface area contributed by atoms with Crippen molar-refractivity contribution < 1.29 is 0 Å². The molecule has 0 atom stereocenters. The summed E-state index contributed by atoms with van der Waals surface area (Å²) in [5.41, 5.74) is 0. The van der Waals surface area contributed by atoms with Crippen LogP contribution in [0.1, 0.15) is 6.92 Å². The molecule has 0 spiro atoms. The molecule has 0 aromatic rings. The van der Waals surface area contributed by atoms with Gasteiger partial charge in [-0.05, 0) is 0 Å². The maximum Gasteiger partial charge on any atom is 0.0587 e. The van der Waals surface area contributed by atoms with E-state index in [1.165, 1.54) is 13.3 Å². The van der Waals surface area contributed by atoms with E-state index in [1.54, 1.807) is 6.07 Å². The third-order valence-corrected chi connectivity index (χ3v) is 0. The van der Waals surface area contributed by atoms with Crippen molar-refractivity contribution in [1.82, 2.24) is 0 Å². The van der Waals surface area contributed by atoms with Gasteiger partial charge in [0.1, 0.15) is 0 Å². The van der Waals surface area contributed by atoms with E-state index in [9.17, 15) is 0 Å². The van der Waals surface area contributed by atoms with Crippen molar-refractivity contribution in [3.05, 3.63) is 0 Å². The van der Waals surface area contributed by atoms with Gasteiger partial charge in [0.15, 0.2) is 0 Å². The average Bonchev–Trinajstić information content (AvgIpc) is 1.46. The van der Waals surface area contributed by atoms with Crippen LogP contribution in [0.5, 0.6) is 0 Å². The van der Waals surface area contributed by atoms with Gasteiger partial charge in [0, 0.05) is 13.3 Å². The van der Waals surface area contributed by atoms with Gasteiger partial charge in [0.05, 0.1) is 6.07 Å². The highest BCUT2D eigenvalue weighted by Gasteiger charge is 1.17. The number of nitrogens with zero attached hydrogens (tertiary/aromatic N) is 1. The maximum absolute atomic E-state index is 7.32. The van der Waals surface area contributed by atoms with Crippen molar-refractivity contribution in [3.8, 4) is 6.07 Å². The van der Waals surface area contributed by atoms with E-state index >= 15 is 0 Å². The summed E-state index contributed by atoms with van der Waals surface area (Å²) in [6, 6.07) is 1.75. The summed E-state index contributed by atoms with van der Waals surface area (Å²) in [5, 5.41) is 7.32. The predicted octanol–water partition coefficient (Wildman–Crippen LogP) is 1.38. The molecule has 1 nitrogen and oxygen atoms in total. The van der Waals surface area contributed by atoms with E-state index in [0.717, 1.165) is 0 Å². The van der Waals surface area contributed by atoms with Crippen LogP contribution in [0.25, 0.3) is 0 Å². The van der Waals surface area contributed by atoms with Gasteiger partial charge in [-0.15, -0.1) is 11.6 Å². The first-order valence-corrected chi connectivity index (χ1v) is 1.86. The first kappa shape index (κ1) is 8.84. The zero-order valence-electron chi connectivity index (χ0n) is 3.33. The van der Waals surface area contributed by atoms with Crippen molar-refractivity contribution in [2.24, 2.45) is 0 Å². The monoisotopic (exact) mass is 91.0 g/mol. The van der Waals surface area contributed by atoms with E-state index < -0.39 is 0 Å². The van der Waals surface area contributed by atoms with Gasteiger partial charge in [-0.1, -0.05) is 0 Å². The van der Waals surface area contributed by atoms with Gasteiger partial charge >= 0.3 is 0 Å². The Balaban J connectivity index is 0. The maximum atomic E-state index is 7.32. The number of halogens is 1. The molecule has 0 saturated heterocycles. The molecular weight excluding hydrogens is 85.5 g/mol. The predicted molar refractivity (Wildman–Crippen MR) is 23.1 cm³/mol. The molecule has 0 aliphatic heterocycles. The molecule has 2 heteroatoms. The molecule has 0 unspecified atom stereocenters. The molecular formula is C3H6ClN. The van der Waals surface area contributed by atoms with Crippen molar-refractivity contribution >= 4 is 11.6 Å². The molecule has 0 saturated carbocycles. The van der Waals surface area contributed by atoms with E-state index in [1.807, 2.05) is 0 Å². The Kier molecular flexibility index (Phi) is 84.9. The van der Waals surface area contributed by atoms with Crippen molar-refractivity contribution in [3.63, 3.8) is 0 Å². The van der Waals surface area contributed by atoms with Crippen LogP contribution in [0, 0.1) is 11.3 Å². The fourth-order valence-corrected chi connectivity index (χ4v) is 0. The van der Waals surface area contributed by atoms with Crippen LogP contribution < -0.4 is 0 Å². The van der Waals surface area contributed by atoms with E-state index in [4.69, 9.17) is 5.26 Å². The molecule has 0 N–H and O–H groups in total. The van der Waals surface area contributed by atoms with Crippen LogP contribution >= 0.6 is 11.6 Å². The highest BCUT2D eigenvalue weighted by atomic mass is 35.5. The minimum absolute atomic E-state index is 1.43. The first-order valence-electron chi connectivity index (χ1n) is 1.10. The molecule has 0 radical (unpaired) electrons. The van der Waals surface area contributed by atoms with Crippen LogP contribution in [0.3, 0.4) is 0 Å². The molecule has 0 rings (SSSR count). The molecule has 30 valence electrons. The lowest BCUT2D eigenvalue weighted by Gasteiger charge is -1.15. The standard InChI is InChI=1S/C2H3N.CH3Cl/c1-2-3;1-2/h1H3;1H3. The molecule has 0 bridgehead atoms. The Bertz CT molecular complexity index is 28.4. The highest BCUT2D eigenvalue weighted by Crippen LogP contribution is 1.34. The summed E-state index contributed by atoms with van der Waals surface area (Å²) < 4.78 is 0. The third-order valence-electron chi connectivity index (χ3n) is 0. The molecule has 0 aromatic heterocycles. The lowest BCUT2D eigenvalue weighted by Crippen LogP contribution is -1.10.